The molecule has 5 heteroatoms. The Hall–Kier alpha value is -0.770. The molecule has 1 aromatic carbocycles. The van der Waals surface area contributed by atoms with Gasteiger partial charge in [-0.1, -0.05) is 29.3 Å². The summed E-state index contributed by atoms with van der Waals surface area (Å²) in [6.45, 7) is 3.50. The van der Waals surface area contributed by atoms with E-state index < -0.39 is 0 Å². The third kappa shape index (κ3) is 3.16. The van der Waals surface area contributed by atoms with Crippen molar-refractivity contribution >= 4 is 29.1 Å². The van der Waals surface area contributed by atoms with Gasteiger partial charge in [-0.15, -0.1) is 0 Å². The predicted octanol–water partition coefficient (Wildman–Crippen LogP) is 2.26. The molecule has 0 saturated carbocycles. The average molecular weight is 287 g/mol. The molecule has 98 valence electrons. The minimum absolute atomic E-state index is 0.0236. The lowest BCUT2D eigenvalue weighted by Crippen LogP contribution is -2.52. The summed E-state index contributed by atoms with van der Waals surface area (Å²) in [5, 5.41) is 7.36. The summed E-state index contributed by atoms with van der Waals surface area (Å²) in [6.07, 6.45) is 0.643. The zero-order valence-electron chi connectivity index (χ0n) is 10.2. The zero-order valence-corrected chi connectivity index (χ0v) is 11.7. The lowest BCUT2D eigenvalue weighted by molar-refractivity contribution is -0.127. The van der Waals surface area contributed by atoms with E-state index >= 15 is 0 Å². The van der Waals surface area contributed by atoms with Gasteiger partial charge in [0.15, 0.2) is 0 Å². The highest BCUT2D eigenvalue weighted by atomic mass is 35.5. The number of carbonyl (C=O) groups excluding carboxylic acids is 1. The van der Waals surface area contributed by atoms with Crippen molar-refractivity contribution in [1.29, 1.82) is 0 Å². The van der Waals surface area contributed by atoms with Crippen molar-refractivity contribution in [3.63, 3.8) is 0 Å². The van der Waals surface area contributed by atoms with Gasteiger partial charge in [-0.05, 0) is 31.0 Å². The molecule has 1 unspecified atom stereocenters. The number of benzene rings is 1. The third-order valence-corrected chi connectivity index (χ3v) is 3.82. The Labute approximate surface area is 117 Å². The van der Waals surface area contributed by atoms with E-state index in [1.165, 1.54) is 0 Å². The lowest BCUT2D eigenvalue weighted by atomic mass is 10.0. The SMILES string of the molecule is CC(Cc1c(Cl)cccc1Cl)NC(=O)C1CNC1. The van der Waals surface area contributed by atoms with Crippen LogP contribution in [0, 0.1) is 5.92 Å². The molecule has 0 aromatic heterocycles. The van der Waals surface area contributed by atoms with Crippen LogP contribution in [0.3, 0.4) is 0 Å². The number of nitrogens with one attached hydrogen (secondary N) is 2. The molecule has 0 aliphatic carbocycles. The van der Waals surface area contributed by atoms with Crippen LogP contribution in [0.15, 0.2) is 18.2 Å². The third-order valence-electron chi connectivity index (χ3n) is 3.11. The molecule has 1 saturated heterocycles. The number of rotatable bonds is 4. The van der Waals surface area contributed by atoms with Crippen LogP contribution in [0.25, 0.3) is 0 Å². The Morgan fingerprint density at radius 1 is 1.44 bits per heavy atom. The van der Waals surface area contributed by atoms with E-state index in [2.05, 4.69) is 10.6 Å². The molecule has 1 aliphatic heterocycles. The topological polar surface area (TPSA) is 41.1 Å². The quantitative estimate of drug-likeness (QED) is 0.892. The van der Waals surface area contributed by atoms with Gasteiger partial charge in [-0.3, -0.25) is 4.79 Å². The number of hydrogen-bond donors (Lipinski definition) is 2. The minimum Gasteiger partial charge on any atom is -0.353 e. The van der Waals surface area contributed by atoms with Gasteiger partial charge in [-0.2, -0.15) is 0 Å². The van der Waals surface area contributed by atoms with Crippen LogP contribution in [-0.4, -0.2) is 25.0 Å². The van der Waals surface area contributed by atoms with E-state index in [0.717, 1.165) is 18.7 Å². The van der Waals surface area contributed by atoms with Crippen LogP contribution in [0.1, 0.15) is 12.5 Å². The Balaban J connectivity index is 1.94. The fourth-order valence-corrected chi connectivity index (χ4v) is 2.47. The lowest BCUT2D eigenvalue weighted by Gasteiger charge is -2.27. The molecular formula is C13H16Cl2N2O. The molecule has 0 spiro atoms. The van der Waals surface area contributed by atoms with Gasteiger partial charge >= 0.3 is 0 Å². The van der Waals surface area contributed by atoms with Gasteiger partial charge in [0.05, 0.1) is 5.92 Å². The summed E-state index contributed by atoms with van der Waals surface area (Å²) >= 11 is 12.2. The molecule has 1 atom stereocenters. The van der Waals surface area contributed by atoms with Crippen LogP contribution >= 0.6 is 23.2 Å². The van der Waals surface area contributed by atoms with Crippen molar-refractivity contribution in [1.82, 2.24) is 10.6 Å². The summed E-state index contributed by atoms with van der Waals surface area (Å²) in [5.74, 6) is 0.207. The van der Waals surface area contributed by atoms with Gasteiger partial charge in [0.2, 0.25) is 5.91 Å². The number of carbonyl (C=O) groups is 1. The van der Waals surface area contributed by atoms with Crippen LogP contribution in [0.5, 0.6) is 0 Å². The Bertz CT molecular complexity index is 426. The van der Waals surface area contributed by atoms with E-state index in [4.69, 9.17) is 23.2 Å². The first-order valence-corrected chi connectivity index (χ1v) is 6.77. The molecule has 2 N–H and O–H groups in total. The molecule has 1 aromatic rings. The first kappa shape index (κ1) is 13.7. The molecule has 0 radical (unpaired) electrons. The van der Waals surface area contributed by atoms with Crippen LogP contribution in [0.2, 0.25) is 10.0 Å². The van der Waals surface area contributed by atoms with E-state index in [1.54, 1.807) is 0 Å². The highest BCUT2D eigenvalue weighted by Crippen LogP contribution is 2.25. The van der Waals surface area contributed by atoms with Crippen molar-refractivity contribution in [2.45, 2.75) is 19.4 Å². The molecular weight excluding hydrogens is 271 g/mol. The van der Waals surface area contributed by atoms with Crippen LogP contribution in [0.4, 0.5) is 0 Å². The Morgan fingerprint density at radius 2 is 2.06 bits per heavy atom. The van der Waals surface area contributed by atoms with Gasteiger partial charge < -0.3 is 10.6 Å². The molecule has 2 rings (SSSR count). The molecule has 3 nitrogen and oxygen atoms in total. The molecule has 0 bridgehead atoms. The second kappa shape index (κ2) is 5.91. The van der Waals surface area contributed by atoms with Crippen molar-refractivity contribution < 1.29 is 4.79 Å². The Kier molecular flexibility index (Phi) is 4.49. The highest BCUT2D eigenvalue weighted by molar-refractivity contribution is 6.36. The average Bonchev–Trinajstić information content (AvgIpc) is 2.21. The second-order valence-electron chi connectivity index (χ2n) is 4.67. The maximum Gasteiger partial charge on any atom is 0.225 e. The van der Waals surface area contributed by atoms with Gasteiger partial charge in [0, 0.05) is 29.2 Å². The van der Waals surface area contributed by atoms with Crippen molar-refractivity contribution in [2.24, 2.45) is 5.92 Å². The summed E-state index contributed by atoms with van der Waals surface area (Å²) < 4.78 is 0. The fourth-order valence-electron chi connectivity index (χ4n) is 1.92. The molecule has 1 aliphatic rings. The summed E-state index contributed by atoms with van der Waals surface area (Å²) in [4.78, 5) is 11.8. The molecule has 1 heterocycles. The Morgan fingerprint density at radius 3 is 2.56 bits per heavy atom. The molecule has 1 amide bonds. The van der Waals surface area contributed by atoms with E-state index in [-0.39, 0.29) is 17.9 Å². The van der Waals surface area contributed by atoms with Crippen molar-refractivity contribution in [3.05, 3.63) is 33.8 Å². The summed E-state index contributed by atoms with van der Waals surface area (Å²) in [5.41, 5.74) is 0.889. The maximum atomic E-state index is 11.8. The van der Waals surface area contributed by atoms with Crippen LogP contribution < -0.4 is 10.6 Å². The van der Waals surface area contributed by atoms with E-state index in [1.807, 2.05) is 25.1 Å². The minimum atomic E-state index is 0.0236. The maximum absolute atomic E-state index is 11.8. The van der Waals surface area contributed by atoms with Crippen LogP contribution in [-0.2, 0) is 11.2 Å². The molecule has 1 fully saturated rings. The second-order valence-corrected chi connectivity index (χ2v) is 5.48. The van der Waals surface area contributed by atoms with Gasteiger partial charge in [0.25, 0.3) is 0 Å². The van der Waals surface area contributed by atoms with Crippen molar-refractivity contribution in [3.8, 4) is 0 Å². The predicted molar refractivity (Wildman–Crippen MR) is 74.1 cm³/mol. The zero-order chi connectivity index (χ0) is 13.1. The first-order chi connectivity index (χ1) is 8.58. The fraction of sp³-hybridized carbons (Fsp3) is 0.462. The normalized spacial score (nSPS) is 17.1. The van der Waals surface area contributed by atoms with Gasteiger partial charge in [0.1, 0.15) is 0 Å². The largest absolute Gasteiger partial charge is 0.353 e. The monoisotopic (exact) mass is 286 g/mol. The molecule has 18 heavy (non-hydrogen) atoms. The summed E-state index contributed by atoms with van der Waals surface area (Å²) in [7, 11) is 0. The number of amides is 1. The standard InChI is InChI=1S/C13H16Cl2N2O/c1-8(17-13(18)9-6-16-7-9)5-10-11(14)3-2-4-12(10)15/h2-4,8-9,16H,5-7H2,1H3,(H,17,18). The van der Waals surface area contributed by atoms with Crippen molar-refractivity contribution in [2.75, 3.05) is 13.1 Å². The van der Waals surface area contributed by atoms with E-state index in [0.29, 0.717) is 16.5 Å². The highest BCUT2D eigenvalue weighted by Gasteiger charge is 2.25. The number of hydrogen-bond acceptors (Lipinski definition) is 2. The van der Waals surface area contributed by atoms with Gasteiger partial charge in [-0.25, -0.2) is 0 Å². The smallest absolute Gasteiger partial charge is 0.225 e. The summed E-state index contributed by atoms with van der Waals surface area (Å²) in [6, 6.07) is 5.47. The van der Waals surface area contributed by atoms with E-state index in [9.17, 15) is 4.79 Å². The first-order valence-electron chi connectivity index (χ1n) is 6.02. The number of halogens is 2.